The predicted molar refractivity (Wildman–Crippen MR) is 76.0 cm³/mol. The van der Waals surface area contributed by atoms with Crippen LogP contribution in [0.15, 0.2) is 23.2 Å². The third kappa shape index (κ3) is 4.77. The van der Waals surface area contributed by atoms with Gasteiger partial charge >= 0.3 is 0 Å². The van der Waals surface area contributed by atoms with Crippen molar-refractivity contribution < 1.29 is 8.42 Å². The smallest absolute Gasteiger partial charge is 0.244 e. The van der Waals surface area contributed by atoms with Gasteiger partial charge in [-0.3, -0.25) is 0 Å². The zero-order chi connectivity index (χ0) is 14.3. The van der Waals surface area contributed by atoms with Gasteiger partial charge in [0.25, 0.3) is 0 Å². The lowest BCUT2D eigenvalue weighted by atomic mass is 10.1. The number of hydrogen-bond acceptors (Lipinski definition) is 5. The molecule has 6 nitrogen and oxygen atoms in total. The Morgan fingerprint density at radius 1 is 1.42 bits per heavy atom. The monoisotopic (exact) mass is 286 g/mol. The first-order valence-corrected chi connectivity index (χ1v) is 7.93. The van der Waals surface area contributed by atoms with Crippen LogP contribution in [0, 0.1) is 0 Å². The Morgan fingerprint density at radius 3 is 2.79 bits per heavy atom. The van der Waals surface area contributed by atoms with Crippen LogP contribution in [0.5, 0.6) is 0 Å². The first-order valence-electron chi connectivity index (χ1n) is 6.45. The molecule has 108 valence electrons. The molecule has 1 heterocycles. The highest BCUT2D eigenvalue weighted by Crippen LogP contribution is 2.17. The van der Waals surface area contributed by atoms with Gasteiger partial charge in [-0.15, -0.1) is 0 Å². The standard InChI is InChI=1S/C12H22N4O2S/c1-3-4-5-7-10(2)16-19(17,18)11-8-6-9-14-12(11)15-13/h6,8-10,16H,3-5,7,13H2,1-2H3,(H,14,15). The second-order valence-electron chi connectivity index (χ2n) is 4.51. The van der Waals surface area contributed by atoms with Gasteiger partial charge in [-0.1, -0.05) is 26.2 Å². The van der Waals surface area contributed by atoms with Gasteiger partial charge in [0.2, 0.25) is 10.0 Å². The molecule has 0 radical (unpaired) electrons. The highest BCUT2D eigenvalue weighted by Gasteiger charge is 2.20. The lowest BCUT2D eigenvalue weighted by Gasteiger charge is -2.15. The van der Waals surface area contributed by atoms with Gasteiger partial charge in [-0.05, 0) is 25.5 Å². The summed E-state index contributed by atoms with van der Waals surface area (Å²) in [6, 6.07) is 2.93. The molecular weight excluding hydrogens is 264 g/mol. The maximum atomic E-state index is 12.2. The van der Waals surface area contributed by atoms with Crippen molar-refractivity contribution in [3.63, 3.8) is 0 Å². The van der Waals surface area contributed by atoms with Gasteiger partial charge in [-0.2, -0.15) is 0 Å². The van der Waals surface area contributed by atoms with E-state index in [0.29, 0.717) is 0 Å². The third-order valence-electron chi connectivity index (χ3n) is 2.79. The lowest BCUT2D eigenvalue weighted by Crippen LogP contribution is -2.33. The number of nitrogens with zero attached hydrogens (tertiary/aromatic N) is 1. The molecule has 1 atom stereocenters. The SMILES string of the molecule is CCCCCC(C)NS(=O)(=O)c1cccnc1NN. The molecule has 0 bridgehead atoms. The van der Waals surface area contributed by atoms with Crippen molar-refractivity contribution in [2.24, 2.45) is 5.84 Å². The summed E-state index contributed by atoms with van der Waals surface area (Å²) in [6.07, 6.45) is 5.53. The van der Waals surface area contributed by atoms with E-state index in [9.17, 15) is 8.42 Å². The van der Waals surface area contributed by atoms with E-state index in [2.05, 4.69) is 22.1 Å². The van der Waals surface area contributed by atoms with E-state index in [-0.39, 0.29) is 16.8 Å². The van der Waals surface area contributed by atoms with Crippen LogP contribution in [-0.2, 0) is 10.0 Å². The molecule has 0 fully saturated rings. The molecule has 4 N–H and O–H groups in total. The number of pyridine rings is 1. The predicted octanol–water partition coefficient (Wildman–Crippen LogP) is 1.61. The third-order valence-corrected chi connectivity index (χ3v) is 4.42. The summed E-state index contributed by atoms with van der Waals surface area (Å²) in [5, 5.41) is 0. The van der Waals surface area contributed by atoms with Crippen molar-refractivity contribution in [2.45, 2.75) is 50.5 Å². The van der Waals surface area contributed by atoms with E-state index in [4.69, 9.17) is 5.84 Å². The Labute approximate surface area is 114 Å². The number of anilines is 1. The van der Waals surface area contributed by atoms with Crippen LogP contribution in [0.3, 0.4) is 0 Å². The fourth-order valence-electron chi connectivity index (χ4n) is 1.80. The minimum Gasteiger partial charge on any atom is -0.307 e. The maximum absolute atomic E-state index is 12.2. The highest BCUT2D eigenvalue weighted by molar-refractivity contribution is 7.89. The zero-order valence-electron chi connectivity index (χ0n) is 11.4. The molecule has 0 amide bonds. The van der Waals surface area contributed by atoms with E-state index < -0.39 is 10.0 Å². The van der Waals surface area contributed by atoms with Gasteiger partial charge in [0.05, 0.1) is 0 Å². The van der Waals surface area contributed by atoms with Gasteiger partial charge in [0.1, 0.15) is 4.90 Å². The van der Waals surface area contributed by atoms with Gasteiger partial charge in [0, 0.05) is 12.2 Å². The van der Waals surface area contributed by atoms with Crippen LogP contribution in [0.1, 0.15) is 39.5 Å². The minimum atomic E-state index is -3.59. The molecule has 0 spiro atoms. The molecule has 0 saturated carbocycles. The minimum absolute atomic E-state index is 0.0693. The van der Waals surface area contributed by atoms with Crippen LogP contribution in [-0.4, -0.2) is 19.4 Å². The number of aromatic nitrogens is 1. The van der Waals surface area contributed by atoms with Crippen LogP contribution >= 0.6 is 0 Å². The number of unbranched alkanes of at least 4 members (excludes halogenated alkanes) is 2. The van der Waals surface area contributed by atoms with Crippen molar-refractivity contribution in [3.8, 4) is 0 Å². The van der Waals surface area contributed by atoms with E-state index in [1.54, 1.807) is 6.07 Å². The van der Waals surface area contributed by atoms with Gasteiger partial charge in [0.15, 0.2) is 5.82 Å². The summed E-state index contributed by atoms with van der Waals surface area (Å²) < 4.78 is 27.1. The number of sulfonamides is 1. The molecule has 0 aliphatic carbocycles. The van der Waals surface area contributed by atoms with E-state index >= 15 is 0 Å². The zero-order valence-corrected chi connectivity index (χ0v) is 12.2. The molecule has 1 unspecified atom stereocenters. The second-order valence-corrected chi connectivity index (χ2v) is 6.20. The fraction of sp³-hybridized carbons (Fsp3) is 0.583. The van der Waals surface area contributed by atoms with Crippen molar-refractivity contribution in [1.82, 2.24) is 9.71 Å². The van der Waals surface area contributed by atoms with E-state index in [1.165, 1.54) is 12.3 Å². The molecule has 0 aromatic carbocycles. The quantitative estimate of drug-likeness (QED) is 0.383. The maximum Gasteiger partial charge on any atom is 0.244 e. The molecule has 1 aromatic rings. The van der Waals surface area contributed by atoms with Crippen molar-refractivity contribution in [2.75, 3.05) is 5.43 Å². The van der Waals surface area contributed by atoms with Crippen molar-refractivity contribution in [1.29, 1.82) is 0 Å². The average Bonchev–Trinajstić information content (AvgIpc) is 2.38. The molecule has 1 aromatic heterocycles. The Balaban J connectivity index is 2.75. The van der Waals surface area contributed by atoms with Crippen molar-refractivity contribution >= 4 is 15.8 Å². The molecule has 19 heavy (non-hydrogen) atoms. The largest absolute Gasteiger partial charge is 0.307 e. The molecular formula is C12H22N4O2S. The number of hydrazine groups is 1. The fourth-order valence-corrected chi connectivity index (χ4v) is 3.20. The average molecular weight is 286 g/mol. The highest BCUT2D eigenvalue weighted by atomic mass is 32.2. The Hall–Kier alpha value is -1.18. The second kappa shape index (κ2) is 7.42. The number of hydrogen-bond donors (Lipinski definition) is 3. The van der Waals surface area contributed by atoms with Crippen LogP contribution in [0.2, 0.25) is 0 Å². The van der Waals surface area contributed by atoms with Crippen LogP contribution in [0.4, 0.5) is 5.82 Å². The first kappa shape index (κ1) is 15.9. The number of nitrogen functional groups attached to an aromatic ring is 1. The topological polar surface area (TPSA) is 97.1 Å². The molecule has 1 rings (SSSR count). The Bertz CT molecular complexity index is 490. The van der Waals surface area contributed by atoms with E-state index in [0.717, 1.165) is 25.7 Å². The lowest BCUT2D eigenvalue weighted by molar-refractivity contribution is 0.527. The van der Waals surface area contributed by atoms with Gasteiger partial charge < -0.3 is 5.43 Å². The summed E-state index contributed by atoms with van der Waals surface area (Å²) in [5.74, 6) is 5.42. The summed E-state index contributed by atoms with van der Waals surface area (Å²) >= 11 is 0. The van der Waals surface area contributed by atoms with Crippen molar-refractivity contribution in [3.05, 3.63) is 18.3 Å². The number of nitrogens with one attached hydrogen (secondary N) is 2. The molecule has 7 heteroatoms. The number of rotatable bonds is 8. The number of nitrogens with two attached hydrogens (primary N) is 1. The Morgan fingerprint density at radius 2 is 2.16 bits per heavy atom. The summed E-state index contributed by atoms with van der Waals surface area (Å²) in [5.41, 5.74) is 2.30. The molecule has 0 aliphatic heterocycles. The summed E-state index contributed by atoms with van der Waals surface area (Å²) in [7, 11) is -3.59. The first-order chi connectivity index (χ1) is 9.01. The molecule has 0 aliphatic rings. The Kier molecular flexibility index (Phi) is 6.20. The molecule has 0 saturated heterocycles. The van der Waals surface area contributed by atoms with Crippen LogP contribution < -0.4 is 16.0 Å². The summed E-state index contributed by atoms with van der Waals surface area (Å²) in [6.45, 7) is 3.97. The van der Waals surface area contributed by atoms with Gasteiger partial charge in [-0.25, -0.2) is 24.0 Å². The summed E-state index contributed by atoms with van der Waals surface area (Å²) in [4.78, 5) is 3.96. The van der Waals surface area contributed by atoms with Crippen LogP contribution in [0.25, 0.3) is 0 Å². The van der Waals surface area contributed by atoms with E-state index in [1.807, 2.05) is 6.92 Å². The normalized spacial score (nSPS) is 13.2.